The van der Waals surface area contributed by atoms with Crippen LogP contribution in [-0.2, 0) is 11.2 Å². The van der Waals surface area contributed by atoms with Crippen LogP contribution >= 0.6 is 23.2 Å². The molecule has 0 atom stereocenters. The van der Waals surface area contributed by atoms with Gasteiger partial charge in [-0.3, -0.25) is 4.79 Å². The van der Waals surface area contributed by atoms with Gasteiger partial charge in [0.1, 0.15) is 0 Å². The number of rotatable bonds is 8. The molecular weight excluding hydrogens is 499 g/mol. The minimum absolute atomic E-state index is 0.183. The SMILES string of the molecule is CCOc1cc(/C=N/NC(=O)Cc2cccc3ccccc23)ccc1OC(=O)c1ccc(Cl)cc1Cl. The molecule has 4 aromatic rings. The van der Waals surface area contributed by atoms with Gasteiger partial charge in [-0.2, -0.15) is 5.10 Å². The quantitative estimate of drug-likeness (QED) is 0.125. The van der Waals surface area contributed by atoms with E-state index in [1.54, 1.807) is 24.3 Å². The number of carbonyl (C=O) groups excluding carboxylic acids is 2. The molecule has 0 spiro atoms. The number of nitrogens with zero attached hydrogens (tertiary/aromatic N) is 1. The second-order valence-electron chi connectivity index (χ2n) is 7.76. The van der Waals surface area contributed by atoms with Gasteiger partial charge in [-0.15, -0.1) is 0 Å². The zero-order chi connectivity index (χ0) is 25.5. The number of halogens is 2. The van der Waals surface area contributed by atoms with Crippen molar-refractivity contribution in [2.45, 2.75) is 13.3 Å². The van der Waals surface area contributed by atoms with Crippen molar-refractivity contribution in [1.29, 1.82) is 0 Å². The molecule has 6 nitrogen and oxygen atoms in total. The van der Waals surface area contributed by atoms with Crippen LogP contribution in [-0.4, -0.2) is 24.7 Å². The number of benzene rings is 4. The first-order valence-electron chi connectivity index (χ1n) is 11.2. The molecule has 0 heterocycles. The van der Waals surface area contributed by atoms with Gasteiger partial charge in [0.05, 0.1) is 29.8 Å². The van der Waals surface area contributed by atoms with Crippen molar-refractivity contribution >= 4 is 52.1 Å². The fraction of sp³-hybridized carbons (Fsp3) is 0.107. The molecule has 0 aromatic heterocycles. The maximum absolute atomic E-state index is 12.6. The van der Waals surface area contributed by atoms with Gasteiger partial charge in [0.25, 0.3) is 0 Å². The second kappa shape index (κ2) is 11.7. The van der Waals surface area contributed by atoms with E-state index in [4.69, 9.17) is 32.7 Å². The Morgan fingerprint density at radius 1 is 0.944 bits per heavy atom. The Bertz CT molecular complexity index is 1450. The van der Waals surface area contributed by atoms with Crippen LogP contribution in [0.25, 0.3) is 10.8 Å². The van der Waals surface area contributed by atoms with E-state index in [1.165, 1.54) is 18.3 Å². The molecule has 0 unspecified atom stereocenters. The van der Waals surface area contributed by atoms with Crippen LogP contribution in [0.15, 0.2) is 84.0 Å². The van der Waals surface area contributed by atoms with Gasteiger partial charge in [0.15, 0.2) is 11.5 Å². The average molecular weight is 521 g/mol. The lowest BCUT2D eigenvalue weighted by Gasteiger charge is -2.12. The molecule has 1 N–H and O–H groups in total. The topological polar surface area (TPSA) is 77.0 Å². The molecule has 0 radical (unpaired) electrons. The lowest BCUT2D eigenvalue weighted by Crippen LogP contribution is -2.19. The predicted octanol–water partition coefficient (Wildman–Crippen LogP) is 6.46. The zero-order valence-corrected chi connectivity index (χ0v) is 20.8. The molecule has 0 aliphatic carbocycles. The summed E-state index contributed by atoms with van der Waals surface area (Å²) in [7, 11) is 0. The highest BCUT2D eigenvalue weighted by atomic mass is 35.5. The predicted molar refractivity (Wildman–Crippen MR) is 142 cm³/mol. The van der Waals surface area contributed by atoms with Crippen LogP contribution in [0.3, 0.4) is 0 Å². The van der Waals surface area contributed by atoms with Crippen LogP contribution in [0.1, 0.15) is 28.4 Å². The van der Waals surface area contributed by atoms with Gasteiger partial charge < -0.3 is 9.47 Å². The number of esters is 1. The molecule has 4 rings (SSSR count). The number of amides is 1. The number of nitrogens with one attached hydrogen (secondary N) is 1. The van der Waals surface area contributed by atoms with E-state index in [9.17, 15) is 9.59 Å². The van der Waals surface area contributed by atoms with Gasteiger partial charge in [-0.1, -0.05) is 65.7 Å². The summed E-state index contributed by atoms with van der Waals surface area (Å²) >= 11 is 12.0. The summed E-state index contributed by atoms with van der Waals surface area (Å²) in [6.45, 7) is 2.17. The Kier molecular flexibility index (Phi) is 8.21. The summed E-state index contributed by atoms with van der Waals surface area (Å²) in [4.78, 5) is 25.0. The first-order valence-corrected chi connectivity index (χ1v) is 11.9. The van der Waals surface area contributed by atoms with Crippen molar-refractivity contribution in [3.8, 4) is 11.5 Å². The molecule has 0 bridgehead atoms. The van der Waals surface area contributed by atoms with Gasteiger partial charge >= 0.3 is 5.97 Å². The van der Waals surface area contributed by atoms with E-state index in [0.717, 1.165) is 16.3 Å². The van der Waals surface area contributed by atoms with Crippen LogP contribution in [0.4, 0.5) is 0 Å². The number of hydrogen-bond donors (Lipinski definition) is 1. The Balaban J connectivity index is 1.43. The molecule has 0 aliphatic rings. The van der Waals surface area contributed by atoms with Gasteiger partial charge in [-0.05, 0) is 65.2 Å². The number of carbonyl (C=O) groups is 2. The van der Waals surface area contributed by atoms with E-state index in [2.05, 4.69) is 10.5 Å². The molecule has 4 aromatic carbocycles. The minimum atomic E-state index is -0.639. The summed E-state index contributed by atoms with van der Waals surface area (Å²) in [6.07, 6.45) is 1.69. The smallest absolute Gasteiger partial charge is 0.345 e. The maximum atomic E-state index is 12.6. The summed E-state index contributed by atoms with van der Waals surface area (Å²) in [6, 6.07) is 23.2. The molecule has 0 saturated heterocycles. The summed E-state index contributed by atoms with van der Waals surface area (Å²) in [5, 5.41) is 6.77. The van der Waals surface area contributed by atoms with Crippen molar-refractivity contribution in [3.05, 3.63) is 106 Å². The van der Waals surface area contributed by atoms with Crippen molar-refractivity contribution in [2.75, 3.05) is 6.61 Å². The fourth-order valence-corrected chi connectivity index (χ4v) is 4.09. The van der Waals surface area contributed by atoms with Crippen molar-refractivity contribution in [3.63, 3.8) is 0 Å². The third-order valence-electron chi connectivity index (χ3n) is 5.26. The van der Waals surface area contributed by atoms with Crippen molar-refractivity contribution in [2.24, 2.45) is 5.10 Å². The van der Waals surface area contributed by atoms with Crippen molar-refractivity contribution < 1.29 is 19.1 Å². The van der Waals surface area contributed by atoms with Gasteiger partial charge in [-0.25, -0.2) is 10.2 Å². The largest absolute Gasteiger partial charge is 0.490 e. The lowest BCUT2D eigenvalue weighted by atomic mass is 10.0. The number of hydrogen-bond acceptors (Lipinski definition) is 5. The average Bonchev–Trinajstić information content (AvgIpc) is 2.86. The maximum Gasteiger partial charge on any atom is 0.345 e. The van der Waals surface area contributed by atoms with Crippen molar-refractivity contribution in [1.82, 2.24) is 5.43 Å². The molecule has 182 valence electrons. The third kappa shape index (κ3) is 6.22. The van der Waals surface area contributed by atoms with Crippen LogP contribution in [0.2, 0.25) is 10.0 Å². The van der Waals surface area contributed by atoms with Crippen LogP contribution in [0.5, 0.6) is 11.5 Å². The molecule has 0 saturated carbocycles. The Morgan fingerprint density at radius 2 is 1.75 bits per heavy atom. The number of hydrazone groups is 1. The number of ether oxygens (including phenoxy) is 2. The lowest BCUT2D eigenvalue weighted by molar-refractivity contribution is -0.120. The van der Waals surface area contributed by atoms with E-state index in [0.29, 0.717) is 22.9 Å². The number of fused-ring (bicyclic) bond motifs is 1. The van der Waals surface area contributed by atoms with Gasteiger partial charge in [0, 0.05) is 5.02 Å². The summed E-state index contributed by atoms with van der Waals surface area (Å²) in [5.74, 6) is -0.301. The Morgan fingerprint density at radius 3 is 2.56 bits per heavy atom. The Labute approximate surface area is 218 Å². The van der Waals surface area contributed by atoms with Crippen LogP contribution in [0, 0.1) is 0 Å². The van der Waals surface area contributed by atoms with E-state index < -0.39 is 5.97 Å². The highest BCUT2D eigenvalue weighted by Gasteiger charge is 2.16. The van der Waals surface area contributed by atoms with Crippen LogP contribution < -0.4 is 14.9 Å². The Hall–Kier alpha value is -3.87. The molecule has 0 aliphatic heterocycles. The minimum Gasteiger partial charge on any atom is -0.490 e. The highest BCUT2D eigenvalue weighted by molar-refractivity contribution is 6.36. The molecule has 36 heavy (non-hydrogen) atoms. The van der Waals surface area contributed by atoms with E-state index in [1.807, 2.05) is 49.4 Å². The molecule has 0 fully saturated rings. The highest BCUT2D eigenvalue weighted by Crippen LogP contribution is 2.30. The normalized spacial score (nSPS) is 11.0. The molecule has 8 heteroatoms. The summed E-state index contributed by atoms with van der Waals surface area (Å²) in [5.41, 5.74) is 4.31. The first kappa shape index (κ1) is 25.2. The van der Waals surface area contributed by atoms with E-state index >= 15 is 0 Å². The zero-order valence-electron chi connectivity index (χ0n) is 19.3. The standard InChI is InChI=1S/C28H22Cl2N2O4/c1-2-35-26-14-18(10-13-25(26)36-28(34)23-12-11-21(29)16-24(23)30)17-31-32-27(33)15-20-8-5-7-19-6-3-4-9-22(19)20/h3-14,16-17H,2,15H2,1H3,(H,32,33)/b31-17+. The summed E-state index contributed by atoms with van der Waals surface area (Å²) < 4.78 is 11.1. The van der Waals surface area contributed by atoms with Gasteiger partial charge in [0.2, 0.25) is 5.91 Å². The monoisotopic (exact) mass is 520 g/mol. The van der Waals surface area contributed by atoms with E-state index in [-0.39, 0.29) is 28.7 Å². The fourth-order valence-electron chi connectivity index (χ4n) is 3.61. The molecule has 1 amide bonds. The first-order chi connectivity index (χ1) is 17.4. The molecular formula is C28H22Cl2N2O4. The second-order valence-corrected chi connectivity index (χ2v) is 8.60. The third-order valence-corrected chi connectivity index (χ3v) is 5.80.